The molecule has 0 aliphatic rings. The third kappa shape index (κ3) is 5.33. The van der Waals surface area contributed by atoms with E-state index in [0.29, 0.717) is 20.6 Å². The van der Waals surface area contributed by atoms with E-state index in [4.69, 9.17) is 23.2 Å². The largest absolute Gasteiger partial charge is 0.416 e. The van der Waals surface area contributed by atoms with Crippen molar-refractivity contribution in [3.05, 3.63) is 58.1 Å². The molecule has 24 heavy (non-hydrogen) atoms. The molecule has 2 nitrogen and oxygen atoms in total. The van der Waals surface area contributed by atoms with Crippen LogP contribution in [-0.4, -0.2) is 11.2 Å². The molecular weight excluding hydrogens is 382 g/mol. The third-order valence-electron chi connectivity index (χ3n) is 2.97. The zero-order chi connectivity index (χ0) is 17.9. The van der Waals surface area contributed by atoms with Crippen LogP contribution in [0.3, 0.4) is 0 Å². The summed E-state index contributed by atoms with van der Waals surface area (Å²) in [4.78, 5) is 12.5. The van der Waals surface area contributed by atoms with Gasteiger partial charge in [0.15, 0.2) is 0 Å². The third-order valence-corrected chi connectivity index (χ3v) is 4.50. The van der Waals surface area contributed by atoms with E-state index in [9.17, 15) is 18.0 Å². The van der Waals surface area contributed by atoms with E-state index >= 15 is 0 Å². The first-order valence-electron chi connectivity index (χ1n) is 6.76. The Hall–Kier alpha value is -1.37. The van der Waals surface area contributed by atoms with E-state index in [0.717, 1.165) is 23.9 Å². The summed E-state index contributed by atoms with van der Waals surface area (Å²) in [5, 5.41) is 2.77. The van der Waals surface area contributed by atoms with E-state index in [1.807, 2.05) is 0 Å². The van der Waals surface area contributed by atoms with Crippen LogP contribution in [0.2, 0.25) is 10.0 Å². The molecule has 0 aliphatic carbocycles. The highest BCUT2D eigenvalue weighted by Gasteiger charge is 2.30. The van der Waals surface area contributed by atoms with Crippen LogP contribution < -0.4 is 5.32 Å². The molecule has 2 aromatic rings. The van der Waals surface area contributed by atoms with E-state index in [-0.39, 0.29) is 5.91 Å². The van der Waals surface area contributed by atoms with Gasteiger partial charge in [0.1, 0.15) is 0 Å². The Bertz CT molecular complexity index is 732. The molecule has 0 unspecified atom stereocenters. The smallest absolute Gasteiger partial charge is 0.325 e. The molecule has 1 atom stereocenters. The van der Waals surface area contributed by atoms with Crippen LogP contribution in [0.1, 0.15) is 12.5 Å². The van der Waals surface area contributed by atoms with Gasteiger partial charge in [0.25, 0.3) is 0 Å². The van der Waals surface area contributed by atoms with Gasteiger partial charge < -0.3 is 5.32 Å². The molecule has 0 heterocycles. The van der Waals surface area contributed by atoms with Crippen molar-refractivity contribution in [2.24, 2.45) is 0 Å². The SMILES string of the molecule is C[C@@H](Sc1cccc(C(F)(F)F)c1)C(=O)Nc1cc(Cl)cc(Cl)c1. The Balaban J connectivity index is 2.06. The number of anilines is 1. The quantitative estimate of drug-likeness (QED) is 0.632. The van der Waals surface area contributed by atoms with E-state index in [2.05, 4.69) is 5.32 Å². The van der Waals surface area contributed by atoms with Crippen molar-refractivity contribution in [1.29, 1.82) is 0 Å². The normalized spacial score (nSPS) is 12.8. The number of alkyl halides is 3. The molecule has 0 saturated heterocycles. The van der Waals surface area contributed by atoms with Crippen LogP contribution in [0.25, 0.3) is 0 Å². The summed E-state index contributed by atoms with van der Waals surface area (Å²) in [6.45, 7) is 1.60. The molecule has 0 aliphatic heterocycles. The number of nitrogens with one attached hydrogen (secondary N) is 1. The fraction of sp³-hybridized carbons (Fsp3) is 0.188. The Morgan fingerprint density at radius 1 is 1.12 bits per heavy atom. The van der Waals surface area contributed by atoms with E-state index < -0.39 is 17.0 Å². The average molecular weight is 394 g/mol. The maximum atomic E-state index is 12.7. The van der Waals surface area contributed by atoms with Crippen LogP contribution in [0.5, 0.6) is 0 Å². The molecule has 0 saturated carbocycles. The molecule has 0 spiro atoms. The molecule has 2 aromatic carbocycles. The summed E-state index contributed by atoms with van der Waals surface area (Å²) < 4.78 is 38.1. The van der Waals surface area contributed by atoms with Gasteiger partial charge in [0.05, 0.1) is 10.8 Å². The molecule has 0 bridgehead atoms. The fourth-order valence-corrected chi connectivity index (χ4v) is 3.33. The second kappa shape index (κ2) is 7.68. The molecular formula is C16H12Cl2F3NOS. The van der Waals surface area contributed by atoms with E-state index in [1.54, 1.807) is 6.92 Å². The summed E-state index contributed by atoms with van der Waals surface area (Å²) in [6.07, 6.45) is -4.42. The summed E-state index contributed by atoms with van der Waals surface area (Å²) in [5.41, 5.74) is -0.323. The van der Waals surface area contributed by atoms with Crippen molar-refractivity contribution in [3.8, 4) is 0 Å². The predicted octanol–water partition coefficient (Wildman–Crippen LogP) is 6.13. The molecule has 0 fully saturated rings. The predicted molar refractivity (Wildman–Crippen MR) is 91.9 cm³/mol. The number of hydrogen-bond acceptors (Lipinski definition) is 2. The maximum Gasteiger partial charge on any atom is 0.416 e. The first kappa shape index (κ1) is 19.0. The minimum atomic E-state index is -4.42. The number of hydrogen-bond donors (Lipinski definition) is 1. The van der Waals surface area contributed by atoms with Gasteiger partial charge >= 0.3 is 6.18 Å². The summed E-state index contributed by atoms with van der Waals surface area (Å²) in [7, 11) is 0. The molecule has 1 N–H and O–H groups in total. The zero-order valence-electron chi connectivity index (χ0n) is 12.3. The Labute approximate surface area is 151 Å². The first-order valence-corrected chi connectivity index (χ1v) is 8.39. The van der Waals surface area contributed by atoms with Gasteiger partial charge in [-0.25, -0.2) is 0 Å². The summed E-state index contributed by atoms with van der Waals surface area (Å²) in [6, 6.07) is 9.44. The highest BCUT2D eigenvalue weighted by Crippen LogP contribution is 2.33. The highest BCUT2D eigenvalue weighted by atomic mass is 35.5. The average Bonchev–Trinajstić information content (AvgIpc) is 2.45. The molecule has 1 amide bonds. The van der Waals surface area contributed by atoms with Crippen LogP contribution in [-0.2, 0) is 11.0 Å². The van der Waals surface area contributed by atoms with Gasteiger partial charge in [0, 0.05) is 20.6 Å². The minimum absolute atomic E-state index is 0.358. The maximum absolute atomic E-state index is 12.7. The van der Waals surface area contributed by atoms with Gasteiger partial charge in [0.2, 0.25) is 5.91 Å². The molecule has 128 valence electrons. The first-order chi connectivity index (χ1) is 11.1. The van der Waals surface area contributed by atoms with Crippen molar-refractivity contribution in [2.45, 2.75) is 23.2 Å². The topological polar surface area (TPSA) is 29.1 Å². The van der Waals surface area contributed by atoms with Gasteiger partial charge in [-0.1, -0.05) is 29.3 Å². The Morgan fingerprint density at radius 3 is 2.33 bits per heavy atom. The number of halogens is 5. The van der Waals surface area contributed by atoms with Gasteiger partial charge in [-0.05, 0) is 43.3 Å². The van der Waals surface area contributed by atoms with Crippen molar-refractivity contribution in [1.82, 2.24) is 0 Å². The lowest BCUT2D eigenvalue weighted by molar-refractivity contribution is -0.137. The Kier molecular flexibility index (Phi) is 6.06. The van der Waals surface area contributed by atoms with Crippen LogP contribution >= 0.6 is 35.0 Å². The second-order valence-corrected chi connectivity index (χ2v) is 7.22. The molecule has 2 rings (SSSR count). The van der Waals surface area contributed by atoms with Gasteiger partial charge in [-0.3, -0.25) is 4.79 Å². The van der Waals surface area contributed by atoms with Crippen LogP contribution in [0.15, 0.2) is 47.4 Å². The monoisotopic (exact) mass is 393 g/mol. The standard InChI is InChI=1S/C16H12Cl2F3NOS/c1-9(15(23)22-13-7-11(17)6-12(18)8-13)24-14-4-2-3-10(5-14)16(19,20)21/h2-9H,1H3,(H,22,23)/t9-/m1/s1. The lowest BCUT2D eigenvalue weighted by Gasteiger charge is -2.14. The second-order valence-electron chi connectivity index (χ2n) is 4.93. The van der Waals surface area contributed by atoms with Crippen molar-refractivity contribution in [3.63, 3.8) is 0 Å². The number of carbonyl (C=O) groups excluding carboxylic acids is 1. The highest BCUT2D eigenvalue weighted by molar-refractivity contribution is 8.00. The number of amides is 1. The lowest BCUT2D eigenvalue weighted by Crippen LogP contribution is -2.22. The summed E-state index contributed by atoms with van der Waals surface area (Å²) >= 11 is 12.7. The van der Waals surface area contributed by atoms with Gasteiger partial charge in [-0.15, -0.1) is 11.8 Å². The van der Waals surface area contributed by atoms with Crippen LogP contribution in [0, 0.1) is 0 Å². The molecule has 0 radical (unpaired) electrons. The van der Waals surface area contributed by atoms with Crippen molar-refractivity contribution >= 4 is 46.6 Å². The fourth-order valence-electron chi connectivity index (χ4n) is 1.87. The Morgan fingerprint density at radius 2 is 1.75 bits per heavy atom. The van der Waals surface area contributed by atoms with Crippen molar-refractivity contribution < 1.29 is 18.0 Å². The van der Waals surface area contributed by atoms with Crippen LogP contribution in [0.4, 0.5) is 18.9 Å². The number of carbonyl (C=O) groups is 1. The number of thioether (sulfide) groups is 1. The summed E-state index contributed by atoms with van der Waals surface area (Å²) in [5.74, 6) is -0.365. The lowest BCUT2D eigenvalue weighted by atomic mass is 10.2. The molecule has 0 aromatic heterocycles. The number of rotatable bonds is 4. The minimum Gasteiger partial charge on any atom is -0.325 e. The number of benzene rings is 2. The zero-order valence-corrected chi connectivity index (χ0v) is 14.7. The molecule has 8 heteroatoms. The van der Waals surface area contributed by atoms with Gasteiger partial charge in [-0.2, -0.15) is 13.2 Å². The van der Waals surface area contributed by atoms with Crippen molar-refractivity contribution in [2.75, 3.05) is 5.32 Å². The van der Waals surface area contributed by atoms with E-state index in [1.165, 1.54) is 30.3 Å².